The average molecular weight is 368 g/mol. The fourth-order valence-corrected chi connectivity index (χ4v) is 4.08. The van der Waals surface area contributed by atoms with E-state index in [-0.39, 0.29) is 10.8 Å². The largest absolute Gasteiger partial charge is 0.464 e. The topological polar surface area (TPSA) is 70.6 Å². The summed E-state index contributed by atoms with van der Waals surface area (Å²) in [5, 5.41) is 3.69. The van der Waals surface area contributed by atoms with Gasteiger partial charge in [-0.3, -0.25) is 4.90 Å². The molecule has 2 fully saturated rings. The molecule has 2 saturated heterocycles. The Hall–Kier alpha value is -1.44. The number of esters is 1. The summed E-state index contributed by atoms with van der Waals surface area (Å²) in [6.07, 6.45) is 4.95. The van der Waals surface area contributed by atoms with Crippen LogP contribution in [0.2, 0.25) is 5.15 Å². The zero-order valence-electron chi connectivity index (χ0n) is 14.9. The Bertz CT molecular complexity index is 609. The lowest BCUT2D eigenvalue weighted by atomic mass is 9.99. The number of nitrogens with zero attached hydrogens (tertiary/aromatic N) is 4. The molecule has 0 amide bonds. The van der Waals surface area contributed by atoms with Crippen LogP contribution in [0.25, 0.3) is 0 Å². The van der Waals surface area contributed by atoms with E-state index in [1.807, 2.05) is 0 Å². The second-order valence-electron chi connectivity index (χ2n) is 6.59. The molecule has 0 saturated carbocycles. The van der Waals surface area contributed by atoms with Crippen LogP contribution < -0.4 is 10.2 Å². The van der Waals surface area contributed by atoms with Gasteiger partial charge in [0.2, 0.25) is 0 Å². The molecule has 0 radical (unpaired) electrons. The van der Waals surface area contributed by atoms with Gasteiger partial charge in [-0.2, -0.15) is 0 Å². The molecule has 0 unspecified atom stereocenters. The first-order valence-corrected chi connectivity index (χ1v) is 9.34. The fraction of sp³-hybridized carbons (Fsp3) is 0.706. The number of ether oxygens (including phenoxy) is 1. The Morgan fingerprint density at radius 2 is 2.16 bits per heavy atom. The standard InChI is InChI=1S/C17H26ClN5O2/c1-3-12-11-22(8-9-23(12)13-4-6-19-7-5-13)16-15(18)21-14(10-20-16)17(24)25-2/h10,12-13,19H,3-9,11H2,1-2H3/t12-/m0/s1. The Morgan fingerprint density at radius 1 is 1.40 bits per heavy atom. The summed E-state index contributed by atoms with van der Waals surface area (Å²) >= 11 is 6.29. The SMILES string of the molecule is CC[C@H]1CN(c2ncc(C(=O)OC)nc2Cl)CCN1C1CCNCC1. The second-order valence-corrected chi connectivity index (χ2v) is 6.95. The molecule has 138 valence electrons. The minimum Gasteiger partial charge on any atom is -0.464 e. The minimum absolute atomic E-state index is 0.136. The first-order chi connectivity index (χ1) is 12.1. The van der Waals surface area contributed by atoms with E-state index in [2.05, 4.69) is 36.7 Å². The summed E-state index contributed by atoms with van der Waals surface area (Å²) in [5.74, 6) is 0.126. The van der Waals surface area contributed by atoms with Gasteiger partial charge in [0.05, 0.1) is 13.3 Å². The van der Waals surface area contributed by atoms with Crippen molar-refractivity contribution >= 4 is 23.4 Å². The zero-order chi connectivity index (χ0) is 17.8. The number of hydrogen-bond donors (Lipinski definition) is 1. The van der Waals surface area contributed by atoms with Gasteiger partial charge in [0.25, 0.3) is 0 Å². The molecular formula is C17H26ClN5O2. The number of carbonyl (C=O) groups is 1. The minimum atomic E-state index is -0.525. The molecule has 0 aliphatic carbocycles. The summed E-state index contributed by atoms with van der Waals surface area (Å²) in [7, 11) is 1.32. The average Bonchev–Trinajstić information content (AvgIpc) is 2.67. The van der Waals surface area contributed by atoms with Gasteiger partial charge in [0.15, 0.2) is 16.7 Å². The Balaban J connectivity index is 1.71. The second kappa shape index (κ2) is 8.29. The fourth-order valence-electron chi connectivity index (χ4n) is 3.82. The van der Waals surface area contributed by atoms with E-state index in [0.717, 1.165) is 39.1 Å². The van der Waals surface area contributed by atoms with Crippen molar-refractivity contribution in [2.45, 2.75) is 38.3 Å². The van der Waals surface area contributed by atoms with Crippen LogP contribution in [-0.4, -0.2) is 72.8 Å². The van der Waals surface area contributed by atoms with Gasteiger partial charge in [-0.15, -0.1) is 0 Å². The molecule has 8 heteroatoms. The third-order valence-electron chi connectivity index (χ3n) is 5.18. The van der Waals surface area contributed by atoms with E-state index in [4.69, 9.17) is 11.6 Å². The number of aromatic nitrogens is 2. The van der Waals surface area contributed by atoms with E-state index < -0.39 is 5.97 Å². The molecule has 1 aromatic rings. The predicted octanol–water partition coefficient (Wildman–Crippen LogP) is 1.57. The molecule has 0 aromatic carbocycles. The Labute approximate surface area is 153 Å². The van der Waals surface area contributed by atoms with Crippen LogP contribution >= 0.6 is 11.6 Å². The molecule has 7 nitrogen and oxygen atoms in total. The van der Waals surface area contributed by atoms with Gasteiger partial charge in [-0.1, -0.05) is 18.5 Å². The molecule has 1 N–H and O–H groups in total. The van der Waals surface area contributed by atoms with Crippen LogP contribution in [0.5, 0.6) is 0 Å². The highest BCUT2D eigenvalue weighted by molar-refractivity contribution is 6.31. The van der Waals surface area contributed by atoms with E-state index in [0.29, 0.717) is 17.9 Å². The highest BCUT2D eigenvalue weighted by Crippen LogP contribution is 2.27. The van der Waals surface area contributed by atoms with Gasteiger partial charge in [0.1, 0.15) is 0 Å². The quantitative estimate of drug-likeness (QED) is 0.810. The predicted molar refractivity (Wildman–Crippen MR) is 97.3 cm³/mol. The Morgan fingerprint density at radius 3 is 2.80 bits per heavy atom. The number of hydrogen-bond acceptors (Lipinski definition) is 7. The van der Waals surface area contributed by atoms with Crippen LogP contribution in [0, 0.1) is 0 Å². The lowest BCUT2D eigenvalue weighted by Crippen LogP contribution is -2.58. The number of rotatable bonds is 4. The number of piperazine rings is 1. The molecule has 3 rings (SSSR count). The van der Waals surface area contributed by atoms with Crippen LogP contribution in [0.4, 0.5) is 5.82 Å². The van der Waals surface area contributed by atoms with Crippen LogP contribution in [-0.2, 0) is 4.74 Å². The van der Waals surface area contributed by atoms with Gasteiger partial charge < -0.3 is 15.0 Å². The number of nitrogens with one attached hydrogen (secondary N) is 1. The maximum Gasteiger partial charge on any atom is 0.358 e. The highest BCUT2D eigenvalue weighted by atomic mass is 35.5. The van der Waals surface area contributed by atoms with Crippen LogP contribution in [0.1, 0.15) is 36.7 Å². The summed E-state index contributed by atoms with van der Waals surface area (Å²) in [4.78, 5) is 24.9. The maximum atomic E-state index is 11.6. The van der Waals surface area contributed by atoms with Crippen molar-refractivity contribution in [3.05, 3.63) is 17.0 Å². The zero-order valence-corrected chi connectivity index (χ0v) is 15.6. The van der Waals surface area contributed by atoms with Crippen molar-refractivity contribution < 1.29 is 9.53 Å². The highest BCUT2D eigenvalue weighted by Gasteiger charge is 2.33. The summed E-state index contributed by atoms with van der Waals surface area (Å²) < 4.78 is 4.67. The maximum absolute atomic E-state index is 11.6. The number of halogens is 1. The van der Waals surface area contributed by atoms with Crippen molar-refractivity contribution in [3.63, 3.8) is 0 Å². The molecule has 0 spiro atoms. The van der Waals surface area contributed by atoms with Crippen LogP contribution in [0.15, 0.2) is 6.20 Å². The first-order valence-electron chi connectivity index (χ1n) is 8.96. The van der Waals surface area contributed by atoms with Crippen molar-refractivity contribution in [1.82, 2.24) is 20.2 Å². The normalized spacial score (nSPS) is 22.8. The van der Waals surface area contributed by atoms with Gasteiger partial charge >= 0.3 is 5.97 Å². The van der Waals surface area contributed by atoms with Crippen molar-refractivity contribution in [2.75, 3.05) is 44.7 Å². The summed E-state index contributed by atoms with van der Waals surface area (Å²) in [6.45, 7) is 7.19. The van der Waals surface area contributed by atoms with Gasteiger partial charge in [0, 0.05) is 31.7 Å². The molecule has 0 bridgehead atoms. The lowest BCUT2D eigenvalue weighted by Gasteiger charge is -2.46. The number of methoxy groups -OCH3 is 1. The van der Waals surface area contributed by atoms with E-state index in [9.17, 15) is 4.79 Å². The molecule has 25 heavy (non-hydrogen) atoms. The molecule has 3 heterocycles. The smallest absolute Gasteiger partial charge is 0.358 e. The van der Waals surface area contributed by atoms with Crippen molar-refractivity contribution in [2.24, 2.45) is 0 Å². The first kappa shape index (κ1) is 18.4. The third-order valence-corrected chi connectivity index (χ3v) is 5.44. The Kier molecular flexibility index (Phi) is 6.09. The number of anilines is 1. The van der Waals surface area contributed by atoms with Gasteiger partial charge in [-0.25, -0.2) is 14.8 Å². The molecule has 2 aliphatic heterocycles. The van der Waals surface area contributed by atoms with E-state index >= 15 is 0 Å². The molecular weight excluding hydrogens is 342 g/mol. The van der Waals surface area contributed by atoms with Crippen molar-refractivity contribution in [3.8, 4) is 0 Å². The molecule has 1 atom stereocenters. The number of piperidine rings is 1. The van der Waals surface area contributed by atoms with E-state index in [1.165, 1.54) is 26.1 Å². The number of carbonyl (C=O) groups excluding carboxylic acids is 1. The van der Waals surface area contributed by atoms with Crippen LogP contribution in [0.3, 0.4) is 0 Å². The van der Waals surface area contributed by atoms with E-state index in [1.54, 1.807) is 0 Å². The third kappa shape index (κ3) is 4.04. The lowest BCUT2D eigenvalue weighted by molar-refractivity contribution is 0.0593. The molecule has 1 aromatic heterocycles. The van der Waals surface area contributed by atoms with Gasteiger partial charge in [-0.05, 0) is 32.4 Å². The molecule has 2 aliphatic rings. The summed E-state index contributed by atoms with van der Waals surface area (Å²) in [6, 6.07) is 1.15. The summed E-state index contributed by atoms with van der Waals surface area (Å²) in [5.41, 5.74) is 0.136. The monoisotopic (exact) mass is 367 g/mol. The van der Waals surface area contributed by atoms with Crippen molar-refractivity contribution in [1.29, 1.82) is 0 Å².